The number of hydrogen-bond donors (Lipinski definition) is 5. The number of anilines is 1. The van der Waals surface area contributed by atoms with Crippen molar-refractivity contribution >= 4 is 23.2 Å². The maximum absolute atomic E-state index is 9.29. The average molecular weight is 407 g/mol. The molecular formula is C23H30N6O. The first kappa shape index (κ1) is 21.4. The topological polar surface area (TPSA) is 126 Å². The highest BCUT2D eigenvalue weighted by molar-refractivity contribution is 6.09. The summed E-state index contributed by atoms with van der Waals surface area (Å²) in [4.78, 5) is 4.11. The highest BCUT2D eigenvalue weighted by Crippen LogP contribution is 2.36. The summed E-state index contributed by atoms with van der Waals surface area (Å²) in [6.45, 7) is 2.54. The third-order valence-corrected chi connectivity index (χ3v) is 5.26. The van der Waals surface area contributed by atoms with Crippen LogP contribution in [0.25, 0.3) is 11.3 Å². The zero-order valence-corrected chi connectivity index (χ0v) is 17.5. The molecule has 30 heavy (non-hydrogen) atoms. The Morgan fingerprint density at radius 2 is 2.00 bits per heavy atom. The van der Waals surface area contributed by atoms with E-state index in [1.165, 1.54) is 0 Å². The molecule has 0 saturated carbocycles. The summed E-state index contributed by atoms with van der Waals surface area (Å²) in [5.74, 6) is 6.35. The number of benzene rings is 2. The Kier molecular flexibility index (Phi) is 6.76. The van der Waals surface area contributed by atoms with Gasteiger partial charge < -0.3 is 26.9 Å². The summed E-state index contributed by atoms with van der Waals surface area (Å²) >= 11 is 0. The van der Waals surface area contributed by atoms with Gasteiger partial charge in [0.05, 0.1) is 18.3 Å². The zero-order valence-electron chi connectivity index (χ0n) is 17.5. The van der Waals surface area contributed by atoms with Gasteiger partial charge in [-0.15, -0.1) is 0 Å². The number of hydrogen-bond acceptors (Lipinski definition) is 7. The molecular weight excluding hydrogens is 376 g/mol. The molecule has 1 aliphatic heterocycles. The van der Waals surface area contributed by atoms with Crippen LogP contribution in [-0.4, -0.2) is 29.9 Å². The van der Waals surface area contributed by atoms with Crippen LogP contribution in [0.4, 0.5) is 5.69 Å². The van der Waals surface area contributed by atoms with E-state index in [2.05, 4.69) is 16.4 Å². The summed E-state index contributed by atoms with van der Waals surface area (Å²) < 4.78 is 0. The quantitative estimate of drug-likeness (QED) is 0.384. The van der Waals surface area contributed by atoms with Crippen molar-refractivity contribution in [1.82, 2.24) is 5.01 Å². The number of fused-ring (bicyclic) bond motifs is 1. The third-order valence-electron chi connectivity index (χ3n) is 5.26. The molecule has 158 valence electrons. The lowest BCUT2D eigenvalue weighted by atomic mass is 9.92. The number of nitrogens with two attached hydrogens (primary N) is 3. The molecule has 7 heteroatoms. The lowest BCUT2D eigenvalue weighted by Gasteiger charge is -2.22. The molecule has 0 amide bonds. The number of rotatable bonds is 5. The molecule has 1 unspecified atom stereocenters. The van der Waals surface area contributed by atoms with Crippen LogP contribution in [0.3, 0.4) is 0 Å². The predicted molar refractivity (Wildman–Crippen MR) is 124 cm³/mol. The van der Waals surface area contributed by atoms with Crippen molar-refractivity contribution in [3.63, 3.8) is 0 Å². The van der Waals surface area contributed by atoms with Crippen LogP contribution in [0.15, 0.2) is 59.4 Å². The molecule has 0 fully saturated rings. The molecule has 0 saturated heterocycles. The number of aliphatic hydroxyl groups excluding tert-OH is 1. The minimum Gasteiger partial charge on any atom is -0.404 e. The first-order valence-corrected chi connectivity index (χ1v) is 9.92. The van der Waals surface area contributed by atoms with Crippen molar-refractivity contribution in [2.45, 2.75) is 26.0 Å². The number of aliphatic hydroxyl groups is 1. The molecule has 3 rings (SSSR count). The number of hydrazine groups is 1. The van der Waals surface area contributed by atoms with Gasteiger partial charge in [-0.25, -0.2) is 5.84 Å². The maximum Gasteiger partial charge on any atom is 0.0777 e. The summed E-state index contributed by atoms with van der Waals surface area (Å²) in [5, 5.41) is 14.6. The van der Waals surface area contributed by atoms with Gasteiger partial charge in [-0.05, 0) is 48.2 Å². The fraction of sp³-hybridized carbons (Fsp3) is 0.261. The molecule has 1 aliphatic rings. The average Bonchev–Trinajstić information content (AvgIpc) is 2.88. The fourth-order valence-corrected chi connectivity index (χ4v) is 3.79. The Bertz CT molecular complexity index is 974. The molecule has 1 heterocycles. The van der Waals surface area contributed by atoms with Gasteiger partial charge in [0.25, 0.3) is 0 Å². The Labute approximate surface area is 177 Å². The number of allylic oxidation sites excluding steroid dienone is 2. The first-order chi connectivity index (χ1) is 14.5. The van der Waals surface area contributed by atoms with E-state index in [0.29, 0.717) is 12.2 Å². The summed E-state index contributed by atoms with van der Waals surface area (Å²) in [6.07, 6.45) is 4.09. The van der Waals surface area contributed by atoms with Crippen molar-refractivity contribution in [3.05, 3.63) is 76.6 Å². The minimum atomic E-state index is 0.0143. The van der Waals surface area contributed by atoms with E-state index in [0.717, 1.165) is 45.6 Å². The monoisotopic (exact) mass is 406 g/mol. The van der Waals surface area contributed by atoms with E-state index >= 15 is 0 Å². The third kappa shape index (κ3) is 4.48. The van der Waals surface area contributed by atoms with E-state index in [1.54, 1.807) is 24.5 Å². The van der Waals surface area contributed by atoms with Crippen molar-refractivity contribution in [1.29, 1.82) is 0 Å². The summed E-state index contributed by atoms with van der Waals surface area (Å²) in [6, 6.07) is 14.0. The number of aliphatic imine (C=N–C) groups is 1. The van der Waals surface area contributed by atoms with Crippen LogP contribution >= 0.6 is 0 Å². The van der Waals surface area contributed by atoms with Crippen LogP contribution in [-0.2, 0) is 6.61 Å². The highest BCUT2D eigenvalue weighted by Gasteiger charge is 2.26. The molecule has 0 spiro atoms. The van der Waals surface area contributed by atoms with Gasteiger partial charge in [0.1, 0.15) is 0 Å². The first-order valence-electron chi connectivity index (χ1n) is 9.92. The van der Waals surface area contributed by atoms with Gasteiger partial charge in [0.2, 0.25) is 0 Å². The summed E-state index contributed by atoms with van der Waals surface area (Å²) in [7, 11) is 1.72. The fourth-order valence-electron chi connectivity index (χ4n) is 3.79. The second-order valence-electron chi connectivity index (χ2n) is 7.38. The minimum absolute atomic E-state index is 0.0143. The molecule has 2 aromatic rings. The molecule has 0 bridgehead atoms. The van der Waals surface area contributed by atoms with Gasteiger partial charge in [0.15, 0.2) is 0 Å². The normalized spacial score (nSPS) is 18.9. The van der Waals surface area contributed by atoms with Crippen LogP contribution < -0.4 is 22.6 Å². The van der Waals surface area contributed by atoms with E-state index in [1.807, 2.05) is 43.3 Å². The van der Waals surface area contributed by atoms with E-state index in [-0.39, 0.29) is 12.6 Å². The molecule has 0 aromatic heterocycles. The lowest BCUT2D eigenvalue weighted by molar-refractivity contribution is 0.282. The van der Waals surface area contributed by atoms with Crippen LogP contribution in [0.5, 0.6) is 0 Å². The molecule has 0 radical (unpaired) electrons. The molecule has 1 atom stereocenters. The Morgan fingerprint density at radius 1 is 1.27 bits per heavy atom. The molecule has 7 nitrogen and oxygen atoms in total. The molecule has 0 aliphatic carbocycles. The van der Waals surface area contributed by atoms with Crippen molar-refractivity contribution in [2.24, 2.45) is 22.3 Å². The smallest absolute Gasteiger partial charge is 0.0777 e. The molecule has 2 aromatic carbocycles. The van der Waals surface area contributed by atoms with Crippen molar-refractivity contribution in [2.75, 3.05) is 18.9 Å². The van der Waals surface area contributed by atoms with E-state index in [9.17, 15) is 5.11 Å². The maximum atomic E-state index is 9.29. The van der Waals surface area contributed by atoms with Gasteiger partial charge in [-0.3, -0.25) is 4.99 Å². The molecule has 8 N–H and O–H groups in total. The Morgan fingerprint density at radius 3 is 2.60 bits per heavy atom. The highest BCUT2D eigenvalue weighted by atomic mass is 16.3. The van der Waals surface area contributed by atoms with Gasteiger partial charge in [-0.2, -0.15) is 0 Å². The second-order valence-corrected chi connectivity index (χ2v) is 7.38. The van der Waals surface area contributed by atoms with Crippen molar-refractivity contribution < 1.29 is 5.11 Å². The Hall–Kier alpha value is -3.29. The number of nitrogens with one attached hydrogen (secondary N) is 1. The zero-order chi connectivity index (χ0) is 21.7. The lowest BCUT2D eigenvalue weighted by Crippen LogP contribution is -2.31. The standard InChI is InChI=1S/C23H30N6O/c1-15(25)23-20-8-5-17(18(12-24)13-27-2)11-21(20)22(9-10-29(23)26)28-19-6-3-16(14-30)4-7-19/h3-8,11-13,22,28,30H,9-10,14,24-26H2,1-2H3/b18-12?,23-15-,27-13?. The SMILES string of the molecule is CN=CC(=CN)c1ccc2c(c1)C(Nc1ccc(CO)cc1)CCN(N)/C2=C(/C)N. The van der Waals surface area contributed by atoms with Crippen LogP contribution in [0.2, 0.25) is 0 Å². The van der Waals surface area contributed by atoms with Crippen LogP contribution in [0.1, 0.15) is 41.6 Å². The predicted octanol–water partition coefficient (Wildman–Crippen LogP) is 2.56. The second kappa shape index (κ2) is 9.47. The largest absolute Gasteiger partial charge is 0.404 e. The number of nitrogens with zero attached hydrogens (tertiary/aromatic N) is 2. The van der Waals surface area contributed by atoms with Gasteiger partial charge in [-0.1, -0.05) is 24.3 Å². The van der Waals surface area contributed by atoms with E-state index in [4.69, 9.17) is 17.3 Å². The van der Waals surface area contributed by atoms with E-state index < -0.39 is 0 Å². The van der Waals surface area contributed by atoms with Crippen molar-refractivity contribution in [3.8, 4) is 0 Å². The van der Waals surface area contributed by atoms with Gasteiger partial charge >= 0.3 is 0 Å². The van der Waals surface area contributed by atoms with Gasteiger partial charge in [0, 0.05) is 48.5 Å². The summed E-state index contributed by atoms with van der Waals surface area (Å²) in [5.41, 5.74) is 19.3. The Balaban J connectivity index is 2.10. The van der Waals surface area contributed by atoms with Crippen LogP contribution in [0, 0.1) is 0 Å².